The van der Waals surface area contributed by atoms with Crippen LogP contribution in [-0.2, 0) is 0 Å². The van der Waals surface area contributed by atoms with Crippen molar-refractivity contribution in [3.63, 3.8) is 0 Å². The number of hydrogen-bond donors (Lipinski definition) is 1. The quantitative estimate of drug-likeness (QED) is 0.331. The summed E-state index contributed by atoms with van der Waals surface area (Å²) >= 11 is 11.1. The first-order valence-electron chi connectivity index (χ1n) is 9.59. The first kappa shape index (κ1) is 24.4. The SMILES string of the molecule is N#Cc1cccc(C(=O)c2cnc(Cl)nc2)c1.N#Cc1cccc(C(O)c2cnc(Cl)nc2)c1. The number of carbonyl (C=O) groups is 1. The number of aliphatic hydroxyl groups excluding tert-OH is 1. The van der Waals surface area contributed by atoms with Crippen molar-refractivity contribution in [2.24, 2.45) is 0 Å². The minimum atomic E-state index is -0.861. The molecule has 1 atom stereocenters. The Balaban J connectivity index is 0.000000191. The van der Waals surface area contributed by atoms with Crippen LogP contribution in [-0.4, -0.2) is 30.8 Å². The zero-order valence-corrected chi connectivity index (χ0v) is 18.8. The molecule has 0 aliphatic rings. The standard InChI is InChI=1S/C12H8ClN3O.C12H6ClN3O/c2*13-12-15-6-10(7-16-12)11(17)9-3-1-2-8(4-9)5-14/h1-4,6-7,11,17H;1-4,6-7H. The molecule has 166 valence electrons. The molecule has 4 rings (SSSR count). The van der Waals surface area contributed by atoms with Crippen LogP contribution in [0.1, 0.15) is 44.3 Å². The minimum Gasteiger partial charge on any atom is -0.384 e. The van der Waals surface area contributed by atoms with E-state index in [0.29, 0.717) is 33.4 Å². The van der Waals surface area contributed by atoms with Crippen LogP contribution in [0.5, 0.6) is 0 Å². The molecule has 34 heavy (non-hydrogen) atoms. The Morgan fingerprint density at radius 3 is 1.88 bits per heavy atom. The minimum absolute atomic E-state index is 0.0901. The van der Waals surface area contributed by atoms with E-state index in [1.165, 1.54) is 30.9 Å². The average molecular weight is 489 g/mol. The van der Waals surface area contributed by atoms with Crippen molar-refractivity contribution < 1.29 is 9.90 Å². The molecule has 4 aromatic rings. The van der Waals surface area contributed by atoms with Crippen molar-refractivity contribution in [3.05, 3.63) is 117 Å². The van der Waals surface area contributed by atoms with Gasteiger partial charge >= 0.3 is 0 Å². The molecule has 0 saturated carbocycles. The van der Waals surface area contributed by atoms with E-state index in [-0.39, 0.29) is 16.4 Å². The normalized spacial score (nSPS) is 10.7. The largest absolute Gasteiger partial charge is 0.384 e. The zero-order chi connectivity index (χ0) is 24.5. The third-order valence-electron chi connectivity index (χ3n) is 4.42. The Morgan fingerprint density at radius 1 is 0.765 bits per heavy atom. The van der Waals surface area contributed by atoms with Crippen molar-refractivity contribution >= 4 is 29.0 Å². The number of aliphatic hydroxyl groups is 1. The van der Waals surface area contributed by atoms with Crippen molar-refractivity contribution in [1.82, 2.24) is 19.9 Å². The smallest absolute Gasteiger partial charge is 0.222 e. The van der Waals surface area contributed by atoms with E-state index in [1.807, 2.05) is 12.1 Å². The second kappa shape index (κ2) is 11.6. The summed E-state index contributed by atoms with van der Waals surface area (Å²) in [7, 11) is 0. The summed E-state index contributed by atoms with van der Waals surface area (Å²) in [5, 5.41) is 27.8. The number of nitrogens with zero attached hydrogens (tertiary/aromatic N) is 6. The van der Waals surface area contributed by atoms with Crippen molar-refractivity contribution in [2.45, 2.75) is 6.10 Å². The van der Waals surface area contributed by atoms with E-state index < -0.39 is 6.10 Å². The number of hydrogen-bond acceptors (Lipinski definition) is 8. The van der Waals surface area contributed by atoms with Gasteiger partial charge in [-0.3, -0.25) is 4.79 Å². The van der Waals surface area contributed by atoms with Gasteiger partial charge in [-0.25, -0.2) is 19.9 Å². The highest BCUT2D eigenvalue weighted by atomic mass is 35.5. The second-order valence-electron chi connectivity index (χ2n) is 6.69. The molecule has 2 heterocycles. The zero-order valence-electron chi connectivity index (χ0n) is 17.3. The van der Waals surface area contributed by atoms with Gasteiger partial charge in [0.1, 0.15) is 6.10 Å². The van der Waals surface area contributed by atoms with Crippen molar-refractivity contribution in [2.75, 3.05) is 0 Å². The van der Waals surface area contributed by atoms with E-state index in [9.17, 15) is 9.90 Å². The number of benzene rings is 2. The van der Waals surface area contributed by atoms with Crippen LogP contribution in [0, 0.1) is 22.7 Å². The number of carbonyl (C=O) groups excluding carboxylic acids is 1. The summed E-state index contributed by atoms with van der Waals surface area (Å²) in [6.45, 7) is 0. The predicted molar refractivity (Wildman–Crippen MR) is 124 cm³/mol. The highest BCUT2D eigenvalue weighted by Crippen LogP contribution is 2.21. The maximum atomic E-state index is 12.0. The fourth-order valence-electron chi connectivity index (χ4n) is 2.76. The van der Waals surface area contributed by atoms with Gasteiger partial charge in [0.25, 0.3) is 0 Å². The molecule has 0 radical (unpaired) electrons. The molecule has 2 aromatic carbocycles. The number of rotatable bonds is 4. The fraction of sp³-hybridized carbons (Fsp3) is 0.0417. The molecule has 8 nitrogen and oxygen atoms in total. The Labute approximate surface area is 204 Å². The first-order chi connectivity index (χ1) is 16.4. The Bertz CT molecular complexity index is 1380. The molecule has 1 N–H and O–H groups in total. The van der Waals surface area contributed by atoms with Crippen LogP contribution in [0.15, 0.2) is 73.3 Å². The molecule has 0 spiro atoms. The molecular formula is C24H14Cl2N6O2. The molecule has 0 fully saturated rings. The summed E-state index contributed by atoms with van der Waals surface area (Å²) in [6.07, 6.45) is 4.77. The molecule has 0 amide bonds. The summed E-state index contributed by atoms with van der Waals surface area (Å²) < 4.78 is 0. The third-order valence-corrected chi connectivity index (χ3v) is 4.81. The van der Waals surface area contributed by atoms with Gasteiger partial charge < -0.3 is 5.11 Å². The lowest BCUT2D eigenvalue weighted by molar-refractivity contribution is 0.103. The van der Waals surface area contributed by atoms with Crippen LogP contribution in [0.3, 0.4) is 0 Å². The lowest BCUT2D eigenvalue weighted by Gasteiger charge is -2.10. The lowest BCUT2D eigenvalue weighted by Crippen LogP contribution is -2.03. The van der Waals surface area contributed by atoms with Crippen LogP contribution < -0.4 is 0 Å². The maximum absolute atomic E-state index is 12.0. The highest BCUT2D eigenvalue weighted by Gasteiger charge is 2.12. The summed E-state index contributed by atoms with van der Waals surface area (Å²) in [4.78, 5) is 27.1. The van der Waals surface area contributed by atoms with Gasteiger partial charge in [-0.1, -0.05) is 24.3 Å². The van der Waals surface area contributed by atoms with Crippen LogP contribution in [0.2, 0.25) is 10.6 Å². The van der Waals surface area contributed by atoms with Crippen LogP contribution >= 0.6 is 23.2 Å². The fourth-order valence-corrected chi connectivity index (χ4v) is 2.96. The van der Waals surface area contributed by atoms with Gasteiger partial charge in [-0.2, -0.15) is 10.5 Å². The van der Waals surface area contributed by atoms with Gasteiger partial charge in [0.15, 0.2) is 5.78 Å². The summed E-state index contributed by atoms with van der Waals surface area (Å²) in [6, 6.07) is 17.2. The molecule has 0 aliphatic carbocycles. The molecule has 1 unspecified atom stereocenters. The first-order valence-corrected chi connectivity index (χ1v) is 10.3. The van der Waals surface area contributed by atoms with Gasteiger partial charge in [0.2, 0.25) is 10.6 Å². The topological polar surface area (TPSA) is 136 Å². The van der Waals surface area contributed by atoms with Gasteiger partial charge in [0.05, 0.1) is 28.8 Å². The third kappa shape index (κ3) is 6.41. The van der Waals surface area contributed by atoms with Crippen molar-refractivity contribution in [3.8, 4) is 12.1 Å². The highest BCUT2D eigenvalue weighted by molar-refractivity contribution is 6.28. The van der Waals surface area contributed by atoms with Gasteiger partial charge in [-0.05, 0) is 53.0 Å². The monoisotopic (exact) mass is 488 g/mol. The average Bonchev–Trinajstić information content (AvgIpc) is 2.89. The summed E-state index contributed by atoms with van der Waals surface area (Å²) in [5.74, 6) is -0.237. The number of nitriles is 2. The van der Waals surface area contributed by atoms with E-state index in [1.54, 1.807) is 42.5 Å². The molecule has 0 saturated heterocycles. The van der Waals surface area contributed by atoms with Gasteiger partial charge in [0, 0.05) is 35.9 Å². The van der Waals surface area contributed by atoms with E-state index in [2.05, 4.69) is 19.9 Å². The Hall–Kier alpha value is -4.21. The number of halogens is 2. The maximum Gasteiger partial charge on any atom is 0.222 e. The Morgan fingerprint density at radius 2 is 1.29 bits per heavy atom. The molecule has 2 aromatic heterocycles. The molecule has 0 aliphatic heterocycles. The molecule has 10 heteroatoms. The molecule has 0 bridgehead atoms. The van der Waals surface area contributed by atoms with Crippen molar-refractivity contribution in [1.29, 1.82) is 10.5 Å². The Kier molecular flexibility index (Phi) is 8.33. The predicted octanol–water partition coefficient (Wildman–Crippen LogP) is 4.32. The van der Waals surface area contributed by atoms with Crippen LogP contribution in [0.25, 0.3) is 0 Å². The van der Waals surface area contributed by atoms with E-state index >= 15 is 0 Å². The van der Waals surface area contributed by atoms with E-state index in [4.69, 9.17) is 33.7 Å². The summed E-state index contributed by atoms with van der Waals surface area (Å²) in [5.41, 5.74) is 2.85. The van der Waals surface area contributed by atoms with Gasteiger partial charge in [-0.15, -0.1) is 0 Å². The van der Waals surface area contributed by atoms with Crippen LogP contribution in [0.4, 0.5) is 0 Å². The number of aromatic nitrogens is 4. The van der Waals surface area contributed by atoms with E-state index in [0.717, 1.165) is 0 Å². The second-order valence-corrected chi connectivity index (χ2v) is 7.36. The molecular weight excluding hydrogens is 475 g/mol. The lowest BCUT2D eigenvalue weighted by atomic mass is 10.0. The number of ketones is 1.